The van der Waals surface area contributed by atoms with Gasteiger partial charge < -0.3 is 9.80 Å². The standard InChI is InChI=1S/C60H44N2/c1-6-16-45(17-7-1)50-26-34-55(35-27-50)61(56-36-28-51(29-37-56)46-18-8-2-9-19-46)59-42-54(49-24-14-5-15-25-49)43-60(44-59)62(57-38-30-52(31-39-57)47-20-10-3-11-21-47)58-40-32-53(33-41-58)48-22-12-4-13-23-48/h1-44H. The van der Waals surface area contributed by atoms with Gasteiger partial charge in [-0.2, -0.15) is 0 Å². The minimum Gasteiger partial charge on any atom is -0.310 e. The summed E-state index contributed by atoms with van der Waals surface area (Å²) in [6.45, 7) is 0. The maximum atomic E-state index is 2.38. The summed E-state index contributed by atoms with van der Waals surface area (Å²) in [5, 5.41) is 0. The van der Waals surface area contributed by atoms with Gasteiger partial charge in [0.25, 0.3) is 0 Å². The summed E-state index contributed by atoms with van der Waals surface area (Å²) in [7, 11) is 0. The molecule has 0 heterocycles. The van der Waals surface area contributed by atoms with E-state index in [0.29, 0.717) is 0 Å². The Hall–Kier alpha value is -8.20. The van der Waals surface area contributed by atoms with E-state index >= 15 is 0 Å². The van der Waals surface area contributed by atoms with Crippen LogP contribution in [0.1, 0.15) is 0 Å². The van der Waals surface area contributed by atoms with Crippen LogP contribution in [0.4, 0.5) is 34.1 Å². The number of benzene rings is 10. The smallest absolute Gasteiger partial charge is 0.0488 e. The van der Waals surface area contributed by atoms with Crippen molar-refractivity contribution in [2.45, 2.75) is 0 Å². The van der Waals surface area contributed by atoms with Crippen molar-refractivity contribution in [1.82, 2.24) is 0 Å². The predicted octanol–water partition coefficient (Wildman–Crippen LogP) is 17.0. The summed E-state index contributed by atoms with van der Waals surface area (Å²) >= 11 is 0. The first-order valence-corrected chi connectivity index (χ1v) is 21.2. The molecule has 2 heteroatoms. The Morgan fingerprint density at radius 2 is 0.339 bits per heavy atom. The van der Waals surface area contributed by atoms with Gasteiger partial charge in [0.1, 0.15) is 0 Å². The van der Waals surface area contributed by atoms with Gasteiger partial charge in [0.05, 0.1) is 0 Å². The average molecular weight is 793 g/mol. The second-order valence-corrected chi connectivity index (χ2v) is 15.4. The van der Waals surface area contributed by atoms with Crippen molar-refractivity contribution in [2.75, 3.05) is 9.80 Å². The van der Waals surface area contributed by atoms with Gasteiger partial charge in [0.2, 0.25) is 0 Å². The predicted molar refractivity (Wildman–Crippen MR) is 263 cm³/mol. The number of hydrogen-bond acceptors (Lipinski definition) is 2. The first kappa shape index (κ1) is 38.0. The molecule has 0 saturated carbocycles. The lowest BCUT2D eigenvalue weighted by Crippen LogP contribution is -2.13. The highest BCUT2D eigenvalue weighted by atomic mass is 15.2. The number of rotatable bonds is 11. The summed E-state index contributed by atoms with van der Waals surface area (Å²) < 4.78 is 0. The van der Waals surface area contributed by atoms with Gasteiger partial charge in [-0.3, -0.25) is 0 Å². The molecule has 294 valence electrons. The molecule has 10 aromatic carbocycles. The molecule has 0 aromatic heterocycles. The van der Waals surface area contributed by atoms with E-state index in [1.165, 1.54) is 44.5 Å². The van der Waals surface area contributed by atoms with E-state index in [2.05, 4.69) is 277 Å². The highest BCUT2D eigenvalue weighted by molar-refractivity contribution is 5.89. The molecule has 0 spiro atoms. The first-order chi connectivity index (χ1) is 30.7. The highest BCUT2D eigenvalue weighted by Gasteiger charge is 2.20. The Morgan fingerprint density at radius 3 is 0.565 bits per heavy atom. The SMILES string of the molecule is c1ccc(-c2ccc(N(c3ccc(-c4ccccc4)cc3)c3cc(-c4ccccc4)cc(N(c4ccc(-c5ccccc5)cc4)c4ccc(-c5ccccc5)cc4)c3)cc2)cc1. The Balaban J connectivity index is 1.15. The molecule has 0 aliphatic carbocycles. The molecule has 10 rings (SSSR count). The number of hydrogen-bond donors (Lipinski definition) is 0. The van der Waals surface area contributed by atoms with Crippen molar-refractivity contribution < 1.29 is 0 Å². The summed E-state index contributed by atoms with van der Waals surface area (Å²) in [5.74, 6) is 0. The second kappa shape index (κ2) is 17.6. The van der Waals surface area contributed by atoms with Gasteiger partial charge in [-0.25, -0.2) is 0 Å². The van der Waals surface area contributed by atoms with Crippen LogP contribution in [0.3, 0.4) is 0 Å². The molecule has 62 heavy (non-hydrogen) atoms. The molecule has 0 bridgehead atoms. The third kappa shape index (κ3) is 8.18. The van der Waals surface area contributed by atoms with Gasteiger partial charge in [-0.15, -0.1) is 0 Å². The summed E-state index contributed by atoms with van der Waals surface area (Å²) in [6, 6.07) is 95.8. The van der Waals surface area contributed by atoms with Gasteiger partial charge in [-0.05, 0) is 122 Å². The van der Waals surface area contributed by atoms with Crippen molar-refractivity contribution in [3.63, 3.8) is 0 Å². The molecule has 0 amide bonds. The topological polar surface area (TPSA) is 6.48 Å². The zero-order chi connectivity index (χ0) is 41.5. The molecule has 0 unspecified atom stereocenters. The molecule has 2 nitrogen and oxygen atoms in total. The zero-order valence-electron chi connectivity index (χ0n) is 34.3. The average Bonchev–Trinajstić information content (AvgIpc) is 3.36. The minimum atomic E-state index is 1.05. The Kier molecular flexibility index (Phi) is 10.8. The first-order valence-electron chi connectivity index (χ1n) is 21.2. The van der Waals surface area contributed by atoms with Crippen LogP contribution in [-0.4, -0.2) is 0 Å². The zero-order valence-corrected chi connectivity index (χ0v) is 34.3. The van der Waals surface area contributed by atoms with E-state index in [9.17, 15) is 0 Å². The van der Waals surface area contributed by atoms with Crippen molar-refractivity contribution in [2.24, 2.45) is 0 Å². The van der Waals surface area contributed by atoms with Crippen LogP contribution in [-0.2, 0) is 0 Å². The normalized spacial score (nSPS) is 10.9. The van der Waals surface area contributed by atoms with Crippen molar-refractivity contribution in [3.05, 3.63) is 267 Å². The van der Waals surface area contributed by atoms with Crippen LogP contribution in [0.15, 0.2) is 267 Å². The molecule has 0 atom stereocenters. The Morgan fingerprint density at radius 1 is 0.145 bits per heavy atom. The van der Waals surface area contributed by atoms with E-state index in [-0.39, 0.29) is 0 Å². The summed E-state index contributed by atoms with van der Waals surface area (Å²) in [5.41, 5.74) is 18.1. The minimum absolute atomic E-state index is 1.05. The lowest BCUT2D eigenvalue weighted by molar-refractivity contribution is 1.25. The van der Waals surface area contributed by atoms with Crippen LogP contribution in [0, 0.1) is 0 Å². The monoisotopic (exact) mass is 792 g/mol. The van der Waals surface area contributed by atoms with Crippen LogP contribution in [0.25, 0.3) is 55.6 Å². The number of nitrogens with zero attached hydrogens (tertiary/aromatic N) is 2. The third-order valence-corrected chi connectivity index (χ3v) is 11.5. The molecule has 0 aliphatic heterocycles. The number of anilines is 6. The summed E-state index contributed by atoms with van der Waals surface area (Å²) in [6.07, 6.45) is 0. The summed E-state index contributed by atoms with van der Waals surface area (Å²) in [4.78, 5) is 4.77. The van der Waals surface area contributed by atoms with E-state index in [1.54, 1.807) is 0 Å². The quantitative estimate of drug-likeness (QED) is 0.129. The molecule has 0 aliphatic rings. The van der Waals surface area contributed by atoms with Crippen molar-refractivity contribution >= 4 is 34.1 Å². The fourth-order valence-corrected chi connectivity index (χ4v) is 8.28. The fourth-order valence-electron chi connectivity index (χ4n) is 8.28. The van der Waals surface area contributed by atoms with Crippen LogP contribution in [0.2, 0.25) is 0 Å². The van der Waals surface area contributed by atoms with Gasteiger partial charge >= 0.3 is 0 Å². The highest BCUT2D eigenvalue weighted by Crippen LogP contribution is 2.44. The Bertz CT molecular complexity index is 2630. The van der Waals surface area contributed by atoms with E-state index in [1.807, 2.05) is 0 Å². The molecule has 0 N–H and O–H groups in total. The molecule has 0 fully saturated rings. The molecule has 10 aromatic rings. The van der Waals surface area contributed by atoms with Crippen LogP contribution in [0.5, 0.6) is 0 Å². The molecular formula is C60H44N2. The molecule has 0 radical (unpaired) electrons. The van der Waals surface area contributed by atoms with Crippen LogP contribution < -0.4 is 9.80 Å². The van der Waals surface area contributed by atoms with Gasteiger partial charge in [0.15, 0.2) is 0 Å². The third-order valence-electron chi connectivity index (χ3n) is 11.5. The fraction of sp³-hybridized carbons (Fsp3) is 0. The van der Waals surface area contributed by atoms with E-state index < -0.39 is 0 Å². The van der Waals surface area contributed by atoms with E-state index in [0.717, 1.165) is 45.3 Å². The Labute approximate surface area is 364 Å². The lowest BCUT2D eigenvalue weighted by atomic mass is 10.00. The second-order valence-electron chi connectivity index (χ2n) is 15.4. The van der Waals surface area contributed by atoms with Crippen molar-refractivity contribution in [1.29, 1.82) is 0 Å². The maximum Gasteiger partial charge on any atom is 0.0488 e. The van der Waals surface area contributed by atoms with Crippen LogP contribution >= 0.6 is 0 Å². The molecular weight excluding hydrogens is 749 g/mol. The van der Waals surface area contributed by atoms with E-state index in [4.69, 9.17) is 0 Å². The lowest BCUT2D eigenvalue weighted by Gasteiger charge is -2.30. The van der Waals surface area contributed by atoms with Gasteiger partial charge in [-0.1, -0.05) is 200 Å². The van der Waals surface area contributed by atoms with Crippen molar-refractivity contribution in [3.8, 4) is 55.6 Å². The largest absolute Gasteiger partial charge is 0.310 e. The maximum absolute atomic E-state index is 2.38. The van der Waals surface area contributed by atoms with Gasteiger partial charge in [0, 0.05) is 34.1 Å². The molecule has 0 saturated heterocycles.